The monoisotopic (exact) mass is 289 g/mol. The Bertz CT molecular complexity index is 623. The molecule has 1 aromatic carbocycles. The van der Waals surface area contributed by atoms with Gasteiger partial charge in [-0.3, -0.25) is 4.79 Å². The molecule has 0 saturated heterocycles. The Morgan fingerprint density at radius 3 is 2.62 bits per heavy atom. The van der Waals surface area contributed by atoms with Crippen LogP contribution in [0.25, 0.3) is 0 Å². The Balaban J connectivity index is 2.34. The highest BCUT2D eigenvalue weighted by atomic mass is 16.5. The van der Waals surface area contributed by atoms with Gasteiger partial charge in [0.1, 0.15) is 6.54 Å². The van der Waals surface area contributed by atoms with Crippen molar-refractivity contribution in [1.82, 2.24) is 9.78 Å². The lowest BCUT2D eigenvalue weighted by atomic mass is 10.2. The molecule has 0 aliphatic carbocycles. The standard InChI is InChI=1S/C15H19N3O3/c1-11-13(15(21-3)17(2)16-11)9-18(10-14(19)20)12-7-5-4-6-8-12/h4-8H,9-10H2,1-3H3,(H,19,20). The van der Waals surface area contributed by atoms with Crippen LogP contribution in [0.5, 0.6) is 5.88 Å². The van der Waals surface area contributed by atoms with Gasteiger partial charge in [0.25, 0.3) is 0 Å². The van der Waals surface area contributed by atoms with Crippen molar-refractivity contribution < 1.29 is 14.6 Å². The Labute approximate surface area is 123 Å². The molecule has 0 fully saturated rings. The van der Waals surface area contributed by atoms with Gasteiger partial charge in [-0.25, -0.2) is 4.68 Å². The third-order valence-electron chi connectivity index (χ3n) is 3.28. The predicted molar refractivity (Wildman–Crippen MR) is 79.6 cm³/mol. The van der Waals surface area contributed by atoms with Crippen LogP contribution in [0.1, 0.15) is 11.3 Å². The molecule has 2 aromatic rings. The fourth-order valence-corrected chi connectivity index (χ4v) is 2.35. The van der Waals surface area contributed by atoms with Crippen molar-refractivity contribution in [2.75, 3.05) is 18.6 Å². The molecule has 0 atom stereocenters. The zero-order valence-electron chi connectivity index (χ0n) is 12.4. The number of carboxylic acids is 1. The van der Waals surface area contributed by atoms with E-state index in [0.29, 0.717) is 12.4 Å². The van der Waals surface area contributed by atoms with Crippen LogP contribution in [0, 0.1) is 6.92 Å². The normalized spacial score (nSPS) is 10.4. The quantitative estimate of drug-likeness (QED) is 0.878. The lowest BCUT2D eigenvalue weighted by Crippen LogP contribution is -2.29. The molecule has 1 N–H and O–H groups in total. The molecule has 0 aliphatic heterocycles. The zero-order chi connectivity index (χ0) is 15.4. The first kappa shape index (κ1) is 14.9. The summed E-state index contributed by atoms with van der Waals surface area (Å²) in [5.41, 5.74) is 2.58. The highest BCUT2D eigenvalue weighted by molar-refractivity contribution is 5.73. The molecule has 0 saturated carbocycles. The molecule has 0 bridgehead atoms. The molecule has 1 heterocycles. The van der Waals surface area contributed by atoms with Gasteiger partial charge in [-0.05, 0) is 19.1 Å². The van der Waals surface area contributed by atoms with Gasteiger partial charge >= 0.3 is 5.97 Å². The minimum Gasteiger partial charge on any atom is -0.481 e. The summed E-state index contributed by atoms with van der Waals surface area (Å²) in [7, 11) is 3.39. The number of hydrogen-bond donors (Lipinski definition) is 1. The van der Waals surface area contributed by atoms with Gasteiger partial charge in [0.15, 0.2) is 0 Å². The first-order valence-electron chi connectivity index (χ1n) is 6.61. The number of nitrogens with zero attached hydrogens (tertiary/aromatic N) is 3. The molecule has 112 valence electrons. The number of carboxylic acid groups (broad SMARTS) is 1. The van der Waals surface area contributed by atoms with Gasteiger partial charge < -0.3 is 14.7 Å². The van der Waals surface area contributed by atoms with Crippen LogP contribution in [0.4, 0.5) is 5.69 Å². The average molecular weight is 289 g/mol. The molecule has 6 nitrogen and oxygen atoms in total. The maximum absolute atomic E-state index is 11.1. The minimum atomic E-state index is -0.876. The van der Waals surface area contributed by atoms with Crippen molar-refractivity contribution in [1.29, 1.82) is 0 Å². The molecule has 2 rings (SSSR count). The van der Waals surface area contributed by atoms with E-state index in [-0.39, 0.29) is 6.54 Å². The number of anilines is 1. The molecule has 0 unspecified atom stereocenters. The van der Waals surface area contributed by atoms with Crippen LogP contribution in [0.15, 0.2) is 30.3 Å². The average Bonchev–Trinajstić information content (AvgIpc) is 2.72. The first-order chi connectivity index (χ1) is 10.0. The fraction of sp³-hybridized carbons (Fsp3) is 0.333. The SMILES string of the molecule is COc1c(CN(CC(=O)O)c2ccccc2)c(C)nn1C. The Hall–Kier alpha value is -2.50. The third-order valence-corrected chi connectivity index (χ3v) is 3.28. The van der Waals surface area contributed by atoms with Gasteiger partial charge in [0, 0.05) is 12.7 Å². The second kappa shape index (κ2) is 6.30. The van der Waals surface area contributed by atoms with Crippen LogP contribution >= 0.6 is 0 Å². The van der Waals surface area contributed by atoms with E-state index in [0.717, 1.165) is 16.9 Å². The number of rotatable bonds is 6. The zero-order valence-corrected chi connectivity index (χ0v) is 12.4. The van der Waals surface area contributed by atoms with Gasteiger partial charge in [-0.2, -0.15) is 5.10 Å². The molecule has 1 aromatic heterocycles. The number of methoxy groups -OCH3 is 1. The van der Waals surface area contributed by atoms with E-state index >= 15 is 0 Å². The van der Waals surface area contributed by atoms with Crippen LogP contribution in [0.3, 0.4) is 0 Å². The maximum atomic E-state index is 11.1. The van der Waals surface area contributed by atoms with Crippen LogP contribution in [0.2, 0.25) is 0 Å². The third kappa shape index (κ3) is 3.34. The highest BCUT2D eigenvalue weighted by Crippen LogP contribution is 2.25. The van der Waals surface area contributed by atoms with Crippen molar-refractivity contribution >= 4 is 11.7 Å². The lowest BCUT2D eigenvalue weighted by molar-refractivity contribution is -0.135. The van der Waals surface area contributed by atoms with Crippen molar-refractivity contribution in [2.45, 2.75) is 13.5 Å². The van der Waals surface area contributed by atoms with E-state index < -0.39 is 5.97 Å². The van der Waals surface area contributed by atoms with Gasteiger partial charge in [0.05, 0.1) is 24.9 Å². The number of benzene rings is 1. The van der Waals surface area contributed by atoms with Crippen molar-refractivity contribution in [3.63, 3.8) is 0 Å². The molecule has 6 heteroatoms. The summed E-state index contributed by atoms with van der Waals surface area (Å²) in [6, 6.07) is 9.45. The molecule has 0 aliphatic rings. The highest BCUT2D eigenvalue weighted by Gasteiger charge is 2.19. The van der Waals surface area contributed by atoms with Crippen molar-refractivity contribution in [3.8, 4) is 5.88 Å². The summed E-state index contributed by atoms with van der Waals surface area (Å²) in [5.74, 6) is -0.224. The molecule has 0 spiro atoms. The maximum Gasteiger partial charge on any atom is 0.323 e. The van der Waals surface area contributed by atoms with Crippen LogP contribution < -0.4 is 9.64 Å². The second-order valence-electron chi connectivity index (χ2n) is 4.78. The van der Waals surface area contributed by atoms with E-state index in [2.05, 4.69) is 5.10 Å². The van der Waals surface area contributed by atoms with Crippen LogP contribution in [-0.4, -0.2) is 34.5 Å². The first-order valence-corrected chi connectivity index (χ1v) is 6.61. The molecule has 0 amide bonds. The van der Waals surface area contributed by atoms with Crippen molar-refractivity contribution in [3.05, 3.63) is 41.6 Å². The summed E-state index contributed by atoms with van der Waals surface area (Å²) in [6.45, 7) is 2.24. The summed E-state index contributed by atoms with van der Waals surface area (Å²) < 4.78 is 7.03. The molecular formula is C15H19N3O3. The summed E-state index contributed by atoms with van der Waals surface area (Å²) >= 11 is 0. The molecule has 21 heavy (non-hydrogen) atoms. The number of aryl methyl sites for hydroxylation is 2. The number of hydrogen-bond acceptors (Lipinski definition) is 4. The van der Waals surface area contributed by atoms with E-state index in [1.54, 1.807) is 23.7 Å². The van der Waals surface area contributed by atoms with E-state index in [1.165, 1.54) is 0 Å². The second-order valence-corrected chi connectivity index (χ2v) is 4.78. The number of aliphatic carboxylic acids is 1. The van der Waals surface area contributed by atoms with E-state index in [4.69, 9.17) is 9.84 Å². The molecular weight excluding hydrogens is 270 g/mol. The summed E-state index contributed by atoms with van der Waals surface area (Å²) in [5, 5.41) is 13.5. The largest absolute Gasteiger partial charge is 0.481 e. The number of ether oxygens (including phenoxy) is 1. The van der Waals surface area contributed by atoms with Crippen molar-refractivity contribution in [2.24, 2.45) is 7.05 Å². The Morgan fingerprint density at radius 2 is 2.05 bits per heavy atom. The summed E-state index contributed by atoms with van der Waals surface area (Å²) in [4.78, 5) is 12.9. The fourth-order valence-electron chi connectivity index (χ4n) is 2.35. The lowest BCUT2D eigenvalue weighted by Gasteiger charge is -2.23. The summed E-state index contributed by atoms with van der Waals surface area (Å²) in [6.07, 6.45) is 0. The van der Waals surface area contributed by atoms with Gasteiger partial charge in [-0.1, -0.05) is 18.2 Å². The number of para-hydroxylation sites is 1. The Morgan fingerprint density at radius 1 is 1.38 bits per heavy atom. The number of aromatic nitrogens is 2. The van der Waals surface area contributed by atoms with Crippen LogP contribution in [-0.2, 0) is 18.4 Å². The smallest absolute Gasteiger partial charge is 0.323 e. The Kier molecular flexibility index (Phi) is 4.47. The molecule has 0 radical (unpaired) electrons. The predicted octanol–water partition coefficient (Wildman–Crippen LogP) is 1.83. The van der Waals surface area contributed by atoms with Gasteiger partial charge in [-0.15, -0.1) is 0 Å². The van der Waals surface area contributed by atoms with E-state index in [9.17, 15) is 4.79 Å². The van der Waals surface area contributed by atoms with E-state index in [1.807, 2.05) is 37.3 Å². The topological polar surface area (TPSA) is 67.6 Å². The number of carbonyl (C=O) groups is 1. The van der Waals surface area contributed by atoms with Gasteiger partial charge in [0.2, 0.25) is 5.88 Å². The minimum absolute atomic E-state index is 0.0818.